The second kappa shape index (κ2) is 6.87. The molecule has 1 N–H and O–H groups in total. The summed E-state index contributed by atoms with van der Waals surface area (Å²) in [6.45, 7) is 6.65. The fourth-order valence-electron chi connectivity index (χ4n) is 2.11. The van der Waals surface area contributed by atoms with Gasteiger partial charge in [0.2, 0.25) is 0 Å². The van der Waals surface area contributed by atoms with Gasteiger partial charge >= 0.3 is 0 Å². The van der Waals surface area contributed by atoms with Gasteiger partial charge in [0, 0.05) is 12.1 Å². The van der Waals surface area contributed by atoms with Gasteiger partial charge in [0.05, 0.1) is 22.3 Å². The maximum absolute atomic E-state index is 12.2. The van der Waals surface area contributed by atoms with Gasteiger partial charge in [-0.2, -0.15) is 5.26 Å². The fraction of sp³-hybridized carbons (Fsp3) is 0.533. The molecule has 20 heavy (non-hydrogen) atoms. The summed E-state index contributed by atoms with van der Waals surface area (Å²) >= 11 is 0. The molecule has 110 valence electrons. The fourth-order valence-corrected chi connectivity index (χ4v) is 3.31. The monoisotopic (exact) mass is 294 g/mol. The summed E-state index contributed by atoms with van der Waals surface area (Å²) in [6, 6.07) is 8.11. The molecule has 0 heterocycles. The van der Waals surface area contributed by atoms with Gasteiger partial charge in [0.15, 0.2) is 9.84 Å². The molecule has 0 radical (unpaired) electrons. The average molecular weight is 294 g/mol. The summed E-state index contributed by atoms with van der Waals surface area (Å²) in [5, 5.41) is 12.1. The third kappa shape index (κ3) is 4.95. The van der Waals surface area contributed by atoms with Crippen molar-refractivity contribution in [3.63, 3.8) is 0 Å². The molecule has 0 atom stereocenters. The second-order valence-corrected chi connectivity index (χ2v) is 7.63. The maximum Gasteiger partial charge on any atom is 0.179 e. The molecule has 0 aromatic heterocycles. The van der Waals surface area contributed by atoms with Crippen molar-refractivity contribution in [2.75, 3.05) is 12.3 Å². The Hall–Kier alpha value is -1.38. The molecule has 0 aliphatic carbocycles. The highest BCUT2D eigenvalue weighted by Gasteiger charge is 2.19. The minimum Gasteiger partial charge on any atom is -0.311 e. The number of nitrogens with one attached hydrogen (secondary N) is 1. The lowest BCUT2D eigenvalue weighted by Gasteiger charge is -2.25. The van der Waals surface area contributed by atoms with E-state index in [4.69, 9.17) is 5.26 Å². The van der Waals surface area contributed by atoms with Crippen LogP contribution in [-0.4, -0.2) is 26.3 Å². The van der Waals surface area contributed by atoms with Crippen LogP contribution in [0.25, 0.3) is 0 Å². The molecule has 0 amide bonds. The average Bonchev–Trinajstić information content (AvgIpc) is 2.38. The molecule has 0 bridgehead atoms. The maximum atomic E-state index is 12.2. The van der Waals surface area contributed by atoms with Gasteiger partial charge in [-0.05, 0) is 38.5 Å². The van der Waals surface area contributed by atoms with Crippen molar-refractivity contribution in [2.24, 2.45) is 0 Å². The summed E-state index contributed by atoms with van der Waals surface area (Å²) in [6.07, 6.45) is 2.05. The summed E-state index contributed by atoms with van der Waals surface area (Å²) < 4.78 is 24.4. The van der Waals surface area contributed by atoms with Crippen molar-refractivity contribution < 1.29 is 8.42 Å². The van der Waals surface area contributed by atoms with E-state index in [1.807, 2.05) is 6.07 Å². The zero-order chi connectivity index (χ0) is 15.2. The molecule has 0 fully saturated rings. The van der Waals surface area contributed by atoms with Crippen molar-refractivity contribution in [1.29, 1.82) is 5.26 Å². The van der Waals surface area contributed by atoms with Gasteiger partial charge in [0.1, 0.15) is 0 Å². The minimum atomic E-state index is -3.34. The third-order valence-corrected chi connectivity index (χ3v) is 4.89. The van der Waals surface area contributed by atoms with Crippen LogP contribution in [0, 0.1) is 11.3 Å². The van der Waals surface area contributed by atoms with E-state index in [1.54, 1.807) is 12.1 Å². The van der Waals surface area contributed by atoms with E-state index in [2.05, 4.69) is 26.1 Å². The van der Waals surface area contributed by atoms with Crippen LogP contribution in [0.3, 0.4) is 0 Å². The first-order valence-corrected chi connectivity index (χ1v) is 8.44. The molecule has 0 spiro atoms. The van der Waals surface area contributed by atoms with Crippen LogP contribution in [0.4, 0.5) is 0 Å². The molecule has 1 rings (SSSR count). The summed E-state index contributed by atoms with van der Waals surface area (Å²) in [7, 11) is -3.34. The number of sulfone groups is 1. The van der Waals surface area contributed by atoms with Crippen molar-refractivity contribution in [3.05, 3.63) is 29.8 Å². The summed E-state index contributed by atoms with van der Waals surface area (Å²) in [5.41, 5.74) is 0.309. The Morgan fingerprint density at radius 3 is 2.65 bits per heavy atom. The van der Waals surface area contributed by atoms with Crippen LogP contribution < -0.4 is 5.32 Å². The molecule has 4 nitrogen and oxygen atoms in total. The molecule has 0 saturated heterocycles. The van der Waals surface area contributed by atoms with Crippen molar-refractivity contribution in [2.45, 2.75) is 44.0 Å². The summed E-state index contributed by atoms with van der Waals surface area (Å²) in [5.74, 6) is 0.0367. The standard InChI is InChI=1S/C15H22N2O2S/c1-4-8-15(2,3)17-9-10-20(18,19)14-7-5-6-13(11-14)12-16/h5-7,11,17H,4,8-10H2,1-3H3. The molecular weight excluding hydrogens is 272 g/mol. The number of hydrogen-bond acceptors (Lipinski definition) is 4. The van der Waals surface area contributed by atoms with Crippen molar-refractivity contribution in [3.8, 4) is 6.07 Å². The Labute approximate surface area is 121 Å². The predicted molar refractivity (Wildman–Crippen MR) is 80.2 cm³/mol. The molecule has 1 aromatic rings. The topological polar surface area (TPSA) is 70.0 Å². The van der Waals surface area contributed by atoms with E-state index in [9.17, 15) is 8.42 Å². The quantitative estimate of drug-likeness (QED) is 0.839. The Morgan fingerprint density at radius 2 is 2.05 bits per heavy atom. The molecule has 0 saturated carbocycles. The van der Waals surface area contributed by atoms with Crippen LogP contribution in [0.5, 0.6) is 0 Å². The van der Waals surface area contributed by atoms with Gasteiger partial charge in [-0.3, -0.25) is 0 Å². The molecule has 0 unspecified atom stereocenters. The Morgan fingerprint density at radius 1 is 1.35 bits per heavy atom. The van der Waals surface area contributed by atoms with Crippen molar-refractivity contribution >= 4 is 9.84 Å². The number of benzene rings is 1. The highest BCUT2D eigenvalue weighted by atomic mass is 32.2. The number of rotatable bonds is 7. The van der Waals surface area contributed by atoms with Gasteiger partial charge in [-0.1, -0.05) is 19.4 Å². The molecular formula is C15H22N2O2S. The van der Waals surface area contributed by atoms with Crippen molar-refractivity contribution in [1.82, 2.24) is 5.32 Å². The highest BCUT2D eigenvalue weighted by molar-refractivity contribution is 7.91. The molecule has 1 aromatic carbocycles. The van der Waals surface area contributed by atoms with E-state index in [1.165, 1.54) is 12.1 Å². The number of hydrogen-bond donors (Lipinski definition) is 1. The van der Waals surface area contributed by atoms with Gasteiger partial charge < -0.3 is 5.32 Å². The first kappa shape index (κ1) is 16.7. The summed E-state index contributed by atoms with van der Waals surface area (Å²) in [4.78, 5) is 0.214. The van der Waals surface area contributed by atoms with E-state index in [-0.39, 0.29) is 16.2 Å². The lowest BCUT2D eigenvalue weighted by Crippen LogP contribution is -2.41. The predicted octanol–water partition coefficient (Wildman–Crippen LogP) is 2.50. The zero-order valence-electron chi connectivity index (χ0n) is 12.3. The largest absolute Gasteiger partial charge is 0.311 e. The van der Waals surface area contributed by atoms with E-state index < -0.39 is 9.84 Å². The minimum absolute atomic E-state index is 0.0367. The smallest absolute Gasteiger partial charge is 0.179 e. The lowest BCUT2D eigenvalue weighted by molar-refractivity contribution is 0.368. The Balaban J connectivity index is 2.69. The second-order valence-electron chi connectivity index (χ2n) is 5.52. The highest BCUT2D eigenvalue weighted by Crippen LogP contribution is 2.14. The van der Waals surface area contributed by atoms with E-state index >= 15 is 0 Å². The van der Waals surface area contributed by atoms with Crippen LogP contribution >= 0.6 is 0 Å². The zero-order valence-corrected chi connectivity index (χ0v) is 13.1. The number of nitrogens with zero attached hydrogens (tertiary/aromatic N) is 1. The van der Waals surface area contributed by atoms with Crippen LogP contribution in [-0.2, 0) is 9.84 Å². The third-order valence-electron chi connectivity index (χ3n) is 3.17. The number of nitriles is 1. The molecule has 5 heteroatoms. The molecule has 0 aliphatic heterocycles. The van der Waals surface area contributed by atoms with Crippen LogP contribution in [0.1, 0.15) is 39.2 Å². The van der Waals surface area contributed by atoms with Gasteiger partial charge in [-0.25, -0.2) is 8.42 Å². The Bertz CT molecular complexity index is 586. The van der Waals surface area contributed by atoms with Crippen LogP contribution in [0.15, 0.2) is 29.2 Å². The lowest BCUT2D eigenvalue weighted by atomic mass is 9.99. The van der Waals surface area contributed by atoms with E-state index in [0.29, 0.717) is 12.1 Å². The van der Waals surface area contributed by atoms with Gasteiger partial charge in [-0.15, -0.1) is 0 Å². The van der Waals surface area contributed by atoms with Gasteiger partial charge in [0.25, 0.3) is 0 Å². The first-order chi connectivity index (χ1) is 9.30. The first-order valence-electron chi connectivity index (χ1n) is 6.79. The van der Waals surface area contributed by atoms with Crippen LogP contribution in [0.2, 0.25) is 0 Å². The normalized spacial score (nSPS) is 12.1. The SMILES string of the molecule is CCCC(C)(C)NCCS(=O)(=O)c1cccc(C#N)c1. The molecule has 0 aliphatic rings. The Kier molecular flexibility index (Phi) is 5.73. The van der Waals surface area contributed by atoms with E-state index in [0.717, 1.165) is 12.8 Å².